The first kappa shape index (κ1) is 22.9. The Hall–Kier alpha value is -2.25. The van der Waals surface area contributed by atoms with E-state index in [1.165, 1.54) is 24.1 Å². The summed E-state index contributed by atoms with van der Waals surface area (Å²) in [5.41, 5.74) is 10.7. The molecule has 3 aliphatic rings. The van der Waals surface area contributed by atoms with E-state index in [2.05, 4.69) is 29.6 Å². The maximum Gasteiger partial charge on any atom is 0.187 e. The van der Waals surface area contributed by atoms with Crippen molar-refractivity contribution in [2.75, 3.05) is 28.3 Å². The van der Waals surface area contributed by atoms with Gasteiger partial charge in [0.05, 0.1) is 14.2 Å². The van der Waals surface area contributed by atoms with Gasteiger partial charge in [-0.2, -0.15) is 0 Å². The molecule has 1 aliphatic heterocycles. The van der Waals surface area contributed by atoms with Gasteiger partial charge in [-0.1, -0.05) is 0 Å². The third-order valence-electron chi connectivity index (χ3n) is 7.22. The highest BCUT2D eigenvalue weighted by atomic mass is 16.5. The molecule has 0 saturated heterocycles. The molecule has 0 radical (unpaired) electrons. The van der Waals surface area contributed by atoms with Crippen LogP contribution in [0.25, 0.3) is 0 Å². The normalized spacial score (nSPS) is 27.8. The molecule has 0 amide bonds. The van der Waals surface area contributed by atoms with Crippen molar-refractivity contribution < 1.29 is 9.47 Å². The van der Waals surface area contributed by atoms with E-state index in [4.69, 9.17) is 20.2 Å². The molecule has 1 unspecified atom stereocenters. The summed E-state index contributed by atoms with van der Waals surface area (Å²) in [6.07, 6.45) is 8.95. The zero-order chi connectivity index (χ0) is 22.7. The molecule has 0 bridgehead atoms. The summed E-state index contributed by atoms with van der Waals surface area (Å²) in [5, 5.41) is 7.40. The van der Waals surface area contributed by atoms with Crippen molar-refractivity contribution in [3.05, 3.63) is 35.0 Å². The fraction of sp³-hybridized carbons (Fsp3) is 0.640. The third-order valence-corrected chi connectivity index (χ3v) is 7.22. The fourth-order valence-corrected chi connectivity index (χ4v) is 5.38. The Balaban J connectivity index is 1.38. The number of amidine groups is 1. The Bertz CT molecular complexity index is 873. The quantitative estimate of drug-likeness (QED) is 0.628. The molecule has 0 spiro atoms. The van der Waals surface area contributed by atoms with Crippen LogP contribution < -0.4 is 25.8 Å². The van der Waals surface area contributed by atoms with E-state index in [9.17, 15) is 0 Å². The number of benzene rings is 1. The molecule has 1 atom stereocenters. The molecule has 1 fully saturated rings. The SMILES string of the molecule is COc1ccc(OC)c(CNC2CCC(C3(N)N=C(N(C)C)C4=C(CCCC4)N3)CC2)c1. The number of nitrogens with zero attached hydrogens (tertiary/aromatic N) is 2. The standard InChI is InChI=1S/C25H39N5O2/c1-30(2)24-21-7-5-6-8-22(21)28-25(26,29-24)18-9-11-19(12-10-18)27-16-17-15-20(31-3)13-14-23(17)32-4/h13-15,18-19,27-28H,5-12,16,26H2,1-4H3. The van der Waals surface area contributed by atoms with Crippen molar-refractivity contribution in [1.82, 2.24) is 15.5 Å². The van der Waals surface area contributed by atoms with Crippen LogP contribution in [0.1, 0.15) is 56.9 Å². The van der Waals surface area contributed by atoms with Gasteiger partial charge in [0.15, 0.2) is 5.79 Å². The van der Waals surface area contributed by atoms with Crippen LogP contribution in [-0.2, 0) is 6.54 Å². The minimum absolute atomic E-state index is 0.331. The third kappa shape index (κ3) is 4.74. The Morgan fingerprint density at radius 3 is 2.56 bits per heavy atom. The average Bonchev–Trinajstić information content (AvgIpc) is 2.82. The van der Waals surface area contributed by atoms with Gasteiger partial charge in [-0.05, 0) is 69.6 Å². The molecule has 1 saturated carbocycles. The van der Waals surface area contributed by atoms with Crippen molar-refractivity contribution in [2.24, 2.45) is 16.6 Å². The monoisotopic (exact) mass is 441 g/mol. The van der Waals surface area contributed by atoms with Gasteiger partial charge in [0.2, 0.25) is 0 Å². The molecule has 1 aromatic rings. The van der Waals surface area contributed by atoms with E-state index in [1.807, 2.05) is 18.2 Å². The summed E-state index contributed by atoms with van der Waals surface area (Å²) < 4.78 is 10.9. The molecular formula is C25H39N5O2. The Labute approximate surface area is 192 Å². The van der Waals surface area contributed by atoms with Crippen LogP contribution in [0, 0.1) is 5.92 Å². The number of likely N-dealkylation sites (N-methyl/N-ethyl adjacent to an activating group) is 1. The lowest BCUT2D eigenvalue weighted by Crippen LogP contribution is -2.61. The first-order valence-corrected chi connectivity index (χ1v) is 11.9. The lowest BCUT2D eigenvalue weighted by molar-refractivity contribution is 0.160. The molecule has 2 aliphatic carbocycles. The number of hydrogen-bond donors (Lipinski definition) is 3. The predicted molar refractivity (Wildman–Crippen MR) is 129 cm³/mol. The topological polar surface area (TPSA) is 84.1 Å². The molecule has 4 N–H and O–H groups in total. The van der Waals surface area contributed by atoms with Crippen LogP contribution in [0.5, 0.6) is 11.5 Å². The van der Waals surface area contributed by atoms with Crippen LogP contribution in [0.3, 0.4) is 0 Å². The van der Waals surface area contributed by atoms with E-state index in [1.54, 1.807) is 14.2 Å². The number of hydrogen-bond acceptors (Lipinski definition) is 7. The number of nitrogens with two attached hydrogens (primary N) is 1. The van der Waals surface area contributed by atoms with Gasteiger partial charge in [-0.3, -0.25) is 5.73 Å². The molecule has 0 aromatic heterocycles. The second-order valence-electron chi connectivity index (χ2n) is 9.55. The van der Waals surface area contributed by atoms with Gasteiger partial charge >= 0.3 is 0 Å². The summed E-state index contributed by atoms with van der Waals surface area (Å²) in [5.74, 6) is 2.45. The van der Waals surface area contributed by atoms with Crippen molar-refractivity contribution in [1.29, 1.82) is 0 Å². The minimum Gasteiger partial charge on any atom is -0.497 e. The van der Waals surface area contributed by atoms with E-state index >= 15 is 0 Å². The Kier molecular flexibility index (Phi) is 6.96. The van der Waals surface area contributed by atoms with Crippen LogP contribution in [0.2, 0.25) is 0 Å². The maximum atomic E-state index is 6.94. The summed E-state index contributed by atoms with van der Waals surface area (Å²) >= 11 is 0. The molecule has 1 aromatic carbocycles. The molecule has 7 heteroatoms. The molecule has 32 heavy (non-hydrogen) atoms. The fourth-order valence-electron chi connectivity index (χ4n) is 5.38. The Morgan fingerprint density at radius 1 is 1.12 bits per heavy atom. The van der Waals surface area contributed by atoms with Crippen molar-refractivity contribution in [3.8, 4) is 11.5 Å². The van der Waals surface area contributed by atoms with Crippen molar-refractivity contribution in [3.63, 3.8) is 0 Å². The molecular weight excluding hydrogens is 402 g/mol. The average molecular weight is 442 g/mol. The molecule has 7 nitrogen and oxygen atoms in total. The summed E-state index contributed by atoms with van der Waals surface area (Å²) in [7, 11) is 7.57. The number of methoxy groups -OCH3 is 2. The highest BCUT2D eigenvalue weighted by molar-refractivity contribution is 5.99. The van der Waals surface area contributed by atoms with Gasteiger partial charge < -0.3 is 25.0 Å². The molecule has 4 rings (SSSR count). The van der Waals surface area contributed by atoms with E-state index < -0.39 is 5.79 Å². The number of rotatable bonds is 6. The van der Waals surface area contributed by atoms with Gasteiger partial charge in [0, 0.05) is 49.4 Å². The van der Waals surface area contributed by atoms with Gasteiger partial charge in [0.25, 0.3) is 0 Å². The number of ether oxygens (including phenoxy) is 2. The van der Waals surface area contributed by atoms with Gasteiger partial charge in [0.1, 0.15) is 17.3 Å². The first-order chi connectivity index (χ1) is 15.4. The van der Waals surface area contributed by atoms with Gasteiger partial charge in [-0.25, -0.2) is 4.99 Å². The predicted octanol–water partition coefficient (Wildman–Crippen LogP) is 3.36. The lowest BCUT2D eigenvalue weighted by atomic mass is 9.80. The number of allylic oxidation sites excluding steroid dienone is 1. The minimum atomic E-state index is -0.698. The van der Waals surface area contributed by atoms with Crippen LogP contribution >= 0.6 is 0 Å². The highest BCUT2D eigenvalue weighted by Crippen LogP contribution is 2.37. The highest BCUT2D eigenvalue weighted by Gasteiger charge is 2.42. The summed E-state index contributed by atoms with van der Waals surface area (Å²) in [6, 6.07) is 6.41. The lowest BCUT2D eigenvalue weighted by Gasteiger charge is -2.45. The summed E-state index contributed by atoms with van der Waals surface area (Å²) in [6.45, 7) is 0.765. The zero-order valence-electron chi connectivity index (χ0n) is 20.0. The van der Waals surface area contributed by atoms with E-state index in [0.717, 1.165) is 68.0 Å². The molecule has 176 valence electrons. The summed E-state index contributed by atoms with van der Waals surface area (Å²) in [4.78, 5) is 7.22. The van der Waals surface area contributed by atoms with Gasteiger partial charge in [-0.15, -0.1) is 0 Å². The van der Waals surface area contributed by atoms with Crippen molar-refractivity contribution in [2.45, 2.75) is 69.7 Å². The number of nitrogens with one attached hydrogen (secondary N) is 2. The Morgan fingerprint density at radius 2 is 1.88 bits per heavy atom. The van der Waals surface area contributed by atoms with Crippen LogP contribution in [-0.4, -0.2) is 50.9 Å². The molecule has 1 heterocycles. The number of aliphatic imine (C=N–C) groups is 1. The van der Waals surface area contributed by atoms with Crippen molar-refractivity contribution >= 4 is 5.84 Å². The first-order valence-electron chi connectivity index (χ1n) is 11.9. The largest absolute Gasteiger partial charge is 0.497 e. The van der Waals surface area contributed by atoms with Crippen LogP contribution in [0.15, 0.2) is 34.5 Å². The zero-order valence-corrected chi connectivity index (χ0v) is 20.0. The van der Waals surface area contributed by atoms with E-state index in [0.29, 0.717) is 12.0 Å². The second kappa shape index (κ2) is 9.71. The van der Waals surface area contributed by atoms with Crippen LogP contribution in [0.4, 0.5) is 0 Å². The van der Waals surface area contributed by atoms with E-state index in [-0.39, 0.29) is 0 Å². The maximum absolute atomic E-state index is 6.94. The smallest absolute Gasteiger partial charge is 0.187 e. The second-order valence-corrected chi connectivity index (χ2v) is 9.55.